The van der Waals surface area contributed by atoms with Crippen LogP contribution in [-0.2, 0) is 10.0 Å². The molecule has 214 valence electrons. The molecule has 0 bridgehead atoms. The number of hydrogen-bond acceptors (Lipinski definition) is 10. The topological polar surface area (TPSA) is 162 Å². The fourth-order valence-electron chi connectivity index (χ4n) is 3.64. The van der Waals surface area contributed by atoms with E-state index in [9.17, 15) is 31.7 Å². The number of nitrogens with zero attached hydrogens (tertiary/aromatic N) is 4. The maximum absolute atomic E-state index is 12.7. The highest BCUT2D eigenvalue weighted by molar-refractivity contribution is 7.92. The van der Waals surface area contributed by atoms with Crippen molar-refractivity contribution in [3.8, 4) is 28.6 Å². The second-order valence-corrected chi connectivity index (χ2v) is 10.2. The molecule has 0 aliphatic heterocycles. The summed E-state index contributed by atoms with van der Waals surface area (Å²) in [6.07, 6.45) is -3.31. The van der Waals surface area contributed by atoms with E-state index in [4.69, 9.17) is 4.52 Å². The van der Waals surface area contributed by atoms with Crippen LogP contribution in [0.5, 0.6) is 5.75 Å². The number of pyridine rings is 1. The molecule has 0 atom stereocenters. The lowest BCUT2D eigenvalue weighted by atomic mass is 10.2. The third-order valence-electron chi connectivity index (χ3n) is 5.53. The van der Waals surface area contributed by atoms with Crippen molar-refractivity contribution < 1.29 is 35.8 Å². The zero-order valence-corrected chi connectivity index (χ0v) is 21.8. The molecular formula is C26H17F3N6O6S. The number of sulfonamides is 1. The van der Waals surface area contributed by atoms with E-state index in [-0.39, 0.29) is 33.7 Å². The zero-order valence-electron chi connectivity index (χ0n) is 20.9. The van der Waals surface area contributed by atoms with E-state index in [0.29, 0.717) is 22.6 Å². The van der Waals surface area contributed by atoms with Gasteiger partial charge >= 0.3 is 6.36 Å². The Morgan fingerprint density at radius 1 is 0.905 bits per heavy atom. The maximum Gasteiger partial charge on any atom is 0.573 e. The van der Waals surface area contributed by atoms with Crippen molar-refractivity contribution in [2.24, 2.45) is 0 Å². The molecule has 2 heterocycles. The Kier molecular flexibility index (Phi) is 7.45. The van der Waals surface area contributed by atoms with E-state index in [0.717, 1.165) is 18.2 Å². The van der Waals surface area contributed by atoms with Crippen molar-refractivity contribution in [2.75, 3.05) is 10.0 Å². The summed E-state index contributed by atoms with van der Waals surface area (Å²) in [7, 11) is -4.08. The van der Waals surface area contributed by atoms with Crippen LogP contribution in [-0.4, -0.2) is 34.8 Å². The fraction of sp³-hybridized carbons (Fsp3) is 0.0385. The van der Waals surface area contributed by atoms with E-state index in [2.05, 4.69) is 29.9 Å². The number of benzene rings is 3. The van der Waals surface area contributed by atoms with Crippen LogP contribution < -0.4 is 14.8 Å². The van der Waals surface area contributed by atoms with Crippen LogP contribution in [0.15, 0.2) is 101 Å². The highest BCUT2D eigenvalue weighted by Gasteiger charge is 2.31. The molecule has 16 heteroatoms. The maximum atomic E-state index is 12.7. The number of nitro groups is 1. The molecule has 2 aromatic heterocycles. The molecule has 2 N–H and O–H groups in total. The summed E-state index contributed by atoms with van der Waals surface area (Å²) >= 11 is 0. The van der Waals surface area contributed by atoms with Gasteiger partial charge < -0.3 is 14.6 Å². The van der Waals surface area contributed by atoms with E-state index in [1.165, 1.54) is 48.7 Å². The molecule has 0 fully saturated rings. The number of anilines is 3. The van der Waals surface area contributed by atoms with Gasteiger partial charge in [0.15, 0.2) is 0 Å². The molecule has 0 radical (unpaired) electrons. The first-order valence-corrected chi connectivity index (χ1v) is 13.2. The molecule has 12 nitrogen and oxygen atoms in total. The van der Waals surface area contributed by atoms with Crippen molar-refractivity contribution in [2.45, 2.75) is 11.3 Å². The van der Waals surface area contributed by atoms with E-state index in [1.807, 2.05) is 0 Å². The Morgan fingerprint density at radius 3 is 2.31 bits per heavy atom. The first kappa shape index (κ1) is 28.0. The quantitative estimate of drug-likeness (QED) is 0.149. The van der Waals surface area contributed by atoms with Gasteiger partial charge in [-0.1, -0.05) is 11.2 Å². The summed E-state index contributed by atoms with van der Waals surface area (Å²) in [5.74, 6) is 0.371. The molecule has 0 unspecified atom stereocenters. The van der Waals surface area contributed by atoms with Gasteiger partial charge in [0, 0.05) is 40.8 Å². The Hall–Kier alpha value is -5.51. The first-order valence-electron chi connectivity index (χ1n) is 11.8. The normalized spacial score (nSPS) is 11.6. The SMILES string of the molecule is O=[N+]([O-])c1cccc(S(=O)(=O)Nc2ccc(-c3nc(-c4ccnc(Nc5ccc(OC(F)(F)F)cc5)c4)no3)cc2)c1. The minimum atomic E-state index is -4.79. The van der Waals surface area contributed by atoms with Gasteiger partial charge in [-0.25, -0.2) is 13.4 Å². The third kappa shape index (κ3) is 6.79. The summed E-state index contributed by atoms with van der Waals surface area (Å²) in [6.45, 7) is 0. The highest BCUT2D eigenvalue weighted by Crippen LogP contribution is 2.28. The molecule has 0 saturated heterocycles. The molecule has 0 spiro atoms. The van der Waals surface area contributed by atoms with Crippen molar-refractivity contribution >= 4 is 32.9 Å². The largest absolute Gasteiger partial charge is 0.573 e. The van der Waals surface area contributed by atoms with Gasteiger partial charge in [-0.05, 0) is 66.7 Å². The molecule has 5 aromatic rings. The Morgan fingerprint density at radius 2 is 1.62 bits per heavy atom. The second-order valence-electron chi connectivity index (χ2n) is 8.49. The number of alkyl halides is 3. The van der Waals surface area contributed by atoms with Crippen LogP contribution in [0.1, 0.15) is 0 Å². The average molecular weight is 599 g/mol. The van der Waals surface area contributed by atoms with Crippen LogP contribution in [0.2, 0.25) is 0 Å². The Balaban J connectivity index is 1.27. The molecule has 5 rings (SSSR count). The number of non-ortho nitro benzene ring substituents is 1. The summed E-state index contributed by atoms with van der Waals surface area (Å²) < 4.78 is 74.0. The molecular weight excluding hydrogens is 581 g/mol. The van der Waals surface area contributed by atoms with E-state index < -0.39 is 21.3 Å². The molecule has 0 aliphatic carbocycles. The lowest BCUT2D eigenvalue weighted by molar-refractivity contribution is -0.385. The molecule has 3 aromatic carbocycles. The summed E-state index contributed by atoms with van der Waals surface area (Å²) in [6, 6.07) is 19.1. The standard InChI is InChI=1S/C26H17F3N6O6S/c27-26(28,29)40-21-10-8-18(9-11-21)31-23-14-17(12-13-30-23)24-32-25(41-33-24)16-4-6-19(7-5-16)34-42(38,39)22-3-1-2-20(15-22)35(36)37/h1-15,34H,(H,30,31). The predicted octanol–water partition coefficient (Wildman–Crippen LogP) is 6.15. The third-order valence-corrected chi connectivity index (χ3v) is 6.91. The lowest BCUT2D eigenvalue weighted by Gasteiger charge is -2.10. The number of hydrogen-bond donors (Lipinski definition) is 2. The average Bonchev–Trinajstić information content (AvgIpc) is 3.44. The lowest BCUT2D eigenvalue weighted by Crippen LogP contribution is -2.16. The van der Waals surface area contributed by atoms with Gasteiger partial charge in [0.2, 0.25) is 5.82 Å². The van der Waals surface area contributed by atoms with Gasteiger partial charge in [-0.2, -0.15) is 4.98 Å². The minimum Gasteiger partial charge on any atom is -0.406 e. The van der Waals surface area contributed by atoms with Gasteiger partial charge in [-0.15, -0.1) is 13.2 Å². The number of nitro benzene ring substituents is 1. The van der Waals surface area contributed by atoms with Crippen LogP contribution in [0.4, 0.5) is 36.1 Å². The smallest absolute Gasteiger partial charge is 0.406 e. The number of aromatic nitrogens is 3. The van der Waals surface area contributed by atoms with E-state index >= 15 is 0 Å². The summed E-state index contributed by atoms with van der Waals surface area (Å²) in [5.41, 5.74) is 1.32. The molecule has 0 aliphatic rings. The van der Waals surface area contributed by atoms with Crippen molar-refractivity contribution in [3.05, 3.63) is 101 Å². The minimum absolute atomic E-state index is 0.143. The van der Waals surface area contributed by atoms with E-state index in [1.54, 1.807) is 24.3 Å². The Bertz CT molecular complexity index is 1850. The predicted molar refractivity (Wildman–Crippen MR) is 143 cm³/mol. The van der Waals surface area contributed by atoms with Crippen molar-refractivity contribution in [1.29, 1.82) is 0 Å². The van der Waals surface area contributed by atoms with Crippen LogP contribution in [0.3, 0.4) is 0 Å². The second kappa shape index (κ2) is 11.2. The molecule has 0 saturated carbocycles. The molecule has 42 heavy (non-hydrogen) atoms. The molecule has 0 amide bonds. The zero-order chi connectivity index (χ0) is 29.9. The number of ether oxygens (including phenoxy) is 1. The van der Waals surface area contributed by atoms with Crippen molar-refractivity contribution in [1.82, 2.24) is 15.1 Å². The highest BCUT2D eigenvalue weighted by atomic mass is 32.2. The van der Waals surface area contributed by atoms with Crippen LogP contribution in [0, 0.1) is 10.1 Å². The summed E-state index contributed by atoms with van der Waals surface area (Å²) in [4.78, 5) is 18.6. The summed E-state index contributed by atoms with van der Waals surface area (Å²) in [5, 5.41) is 17.9. The first-order chi connectivity index (χ1) is 19.9. The van der Waals surface area contributed by atoms with Crippen LogP contribution in [0.25, 0.3) is 22.8 Å². The number of rotatable bonds is 9. The monoisotopic (exact) mass is 598 g/mol. The van der Waals surface area contributed by atoms with Crippen molar-refractivity contribution in [3.63, 3.8) is 0 Å². The van der Waals surface area contributed by atoms with Gasteiger partial charge in [0.05, 0.1) is 9.82 Å². The number of nitrogens with one attached hydrogen (secondary N) is 2. The number of halogens is 3. The van der Waals surface area contributed by atoms with Crippen LogP contribution >= 0.6 is 0 Å². The van der Waals surface area contributed by atoms with Gasteiger partial charge in [-0.3, -0.25) is 14.8 Å². The van der Waals surface area contributed by atoms with Gasteiger partial charge in [0.25, 0.3) is 21.6 Å². The van der Waals surface area contributed by atoms with Gasteiger partial charge in [0.1, 0.15) is 11.6 Å². The Labute approximate surface area is 235 Å². The fourth-order valence-corrected chi connectivity index (χ4v) is 4.74.